The van der Waals surface area contributed by atoms with Crippen molar-refractivity contribution in [1.82, 2.24) is 10.2 Å². The number of nitrogens with one attached hydrogen (secondary N) is 1. The van der Waals surface area contributed by atoms with Crippen LogP contribution >= 0.6 is 24.0 Å². The van der Waals surface area contributed by atoms with Gasteiger partial charge in [0.1, 0.15) is 18.2 Å². The van der Waals surface area contributed by atoms with Gasteiger partial charge in [-0.1, -0.05) is 30.3 Å². The number of rotatable bonds is 7. The predicted molar refractivity (Wildman–Crippen MR) is 111 cm³/mol. The lowest BCUT2D eigenvalue weighted by atomic mass is 10.1. The number of guanidine groups is 1. The highest BCUT2D eigenvalue weighted by Gasteiger charge is 2.05. The van der Waals surface area contributed by atoms with Crippen molar-refractivity contribution in [2.24, 2.45) is 4.99 Å². The van der Waals surface area contributed by atoms with Crippen molar-refractivity contribution in [2.45, 2.75) is 6.42 Å². The van der Waals surface area contributed by atoms with Crippen LogP contribution in [-0.4, -0.2) is 44.7 Å². The number of benzene rings is 2. The van der Waals surface area contributed by atoms with Crippen molar-refractivity contribution in [3.63, 3.8) is 0 Å². The van der Waals surface area contributed by atoms with Crippen LogP contribution in [-0.2, 0) is 6.42 Å². The van der Waals surface area contributed by atoms with E-state index in [0.717, 1.165) is 23.7 Å². The number of ether oxygens (including phenoxy) is 1. The highest BCUT2D eigenvalue weighted by molar-refractivity contribution is 14.0. The summed E-state index contributed by atoms with van der Waals surface area (Å²) in [5.41, 5.74) is 0.966. The van der Waals surface area contributed by atoms with Crippen molar-refractivity contribution in [2.75, 3.05) is 33.8 Å². The lowest BCUT2D eigenvalue weighted by Crippen LogP contribution is -2.41. The Labute approximate surface area is 166 Å². The molecule has 6 heteroatoms. The van der Waals surface area contributed by atoms with E-state index in [1.165, 1.54) is 6.07 Å². The lowest BCUT2D eigenvalue weighted by Gasteiger charge is -2.22. The fraction of sp³-hybridized carbons (Fsp3) is 0.316. The number of hydrogen-bond donors (Lipinski definition) is 1. The van der Waals surface area contributed by atoms with Crippen LogP contribution in [0.2, 0.25) is 0 Å². The average molecular weight is 457 g/mol. The van der Waals surface area contributed by atoms with Gasteiger partial charge in [0.05, 0.1) is 6.54 Å². The summed E-state index contributed by atoms with van der Waals surface area (Å²) in [5.74, 6) is 1.45. The highest BCUT2D eigenvalue weighted by Crippen LogP contribution is 2.08. The van der Waals surface area contributed by atoms with E-state index < -0.39 is 0 Å². The molecule has 0 saturated heterocycles. The molecule has 0 saturated carbocycles. The Morgan fingerprint density at radius 2 is 1.92 bits per heavy atom. The zero-order valence-electron chi connectivity index (χ0n) is 14.6. The van der Waals surface area contributed by atoms with Crippen LogP contribution in [0.25, 0.3) is 0 Å². The van der Waals surface area contributed by atoms with Gasteiger partial charge < -0.3 is 15.0 Å². The first-order valence-electron chi connectivity index (χ1n) is 8.03. The first kappa shape index (κ1) is 21.2. The van der Waals surface area contributed by atoms with Gasteiger partial charge in [0.15, 0.2) is 5.96 Å². The van der Waals surface area contributed by atoms with Gasteiger partial charge in [-0.25, -0.2) is 4.39 Å². The van der Waals surface area contributed by atoms with Crippen molar-refractivity contribution in [1.29, 1.82) is 0 Å². The maximum Gasteiger partial charge on any atom is 0.193 e. The number of aliphatic imine (C=N–C) groups is 1. The molecule has 4 nitrogen and oxygen atoms in total. The van der Waals surface area contributed by atoms with Crippen LogP contribution in [0.5, 0.6) is 5.75 Å². The summed E-state index contributed by atoms with van der Waals surface area (Å²) < 4.78 is 18.9. The van der Waals surface area contributed by atoms with E-state index in [1.54, 1.807) is 19.2 Å². The summed E-state index contributed by atoms with van der Waals surface area (Å²) in [6.45, 7) is 1.99. The Balaban J connectivity index is 0.00000312. The van der Waals surface area contributed by atoms with E-state index in [9.17, 15) is 4.39 Å². The first-order valence-corrected chi connectivity index (χ1v) is 8.03. The van der Waals surface area contributed by atoms with Gasteiger partial charge in [0.2, 0.25) is 0 Å². The number of hydrogen-bond acceptors (Lipinski definition) is 2. The predicted octanol–water partition coefficient (Wildman–Crippen LogP) is 3.57. The largest absolute Gasteiger partial charge is 0.492 e. The molecular weight excluding hydrogens is 432 g/mol. The van der Waals surface area contributed by atoms with Gasteiger partial charge >= 0.3 is 0 Å². The number of likely N-dealkylation sites (N-methyl/N-ethyl adjacent to an activating group) is 1. The molecule has 0 amide bonds. The van der Waals surface area contributed by atoms with Gasteiger partial charge in [-0.3, -0.25) is 4.99 Å². The third-order valence-corrected chi connectivity index (χ3v) is 3.60. The average Bonchev–Trinajstić information content (AvgIpc) is 2.59. The third kappa shape index (κ3) is 7.72. The molecule has 0 atom stereocenters. The molecule has 0 heterocycles. The Hall–Kier alpha value is -1.83. The normalized spacial score (nSPS) is 10.8. The number of halogens is 2. The van der Waals surface area contributed by atoms with Crippen LogP contribution in [0.1, 0.15) is 5.56 Å². The Morgan fingerprint density at radius 1 is 1.16 bits per heavy atom. The van der Waals surface area contributed by atoms with Crippen LogP contribution in [0.4, 0.5) is 4.39 Å². The molecule has 0 fully saturated rings. The molecule has 1 N–H and O–H groups in total. The second-order valence-corrected chi connectivity index (χ2v) is 5.44. The molecule has 0 spiro atoms. The lowest BCUT2D eigenvalue weighted by molar-refractivity contribution is 0.281. The summed E-state index contributed by atoms with van der Waals surface area (Å²) in [6, 6.07) is 16.4. The molecule has 0 unspecified atom stereocenters. The fourth-order valence-corrected chi connectivity index (χ4v) is 2.32. The van der Waals surface area contributed by atoms with E-state index in [2.05, 4.69) is 10.3 Å². The second-order valence-electron chi connectivity index (χ2n) is 5.44. The minimum Gasteiger partial charge on any atom is -0.492 e. The molecule has 0 aliphatic heterocycles. The zero-order chi connectivity index (χ0) is 17.2. The van der Waals surface area contributed by atoms with E-state index in [4.69, 9.17) is 4.74 Å². The SMILES string of the molecule is CN=C(NCCc1cccc(F)c1)N(C)CCOc1ccccc1.I. The topological polar surface area (TPSA) is 36.9 Å². The van der Waals surface area contributed by atoms with Crippen molar-refractivity contribution >= 4 is 29.9 Å². The first-order chi connectivity index (χ1) is 11.7. The smallest absolute Gasteiger partial charge is 0.193 e. The zero-order valence-corrected chi connectivity index (χ0v) is 16.9. The summed E-state index contributed by atoms with van der Waals surface area (Å²) in [7, 11) is 3.71. The fourth-order valence-electron chi connectivity index (χ4n) is 2.32. The number of nitrogens with zero attached hydrogens (tertiary/aromatic N) is 2. The van der Waals surface area contributed by atoms with Gasteiger partial charge in [0.25, 0.3) is 0 Å². The maximum atomic E-state index is 13.2. The molecule has 0 aliphatic carbocycles. The maximum absolute atomic E-state index is 13.2. The van der Waals surface area contributed by atoms with Gasteiger partial charge in [-0.05, 0) is 36.2 Å². The highest BCUT2D eigenvalue weighted by atomic mass is 127. The van der Waals surface area contributed by atoms with E-state index >= 15 is 0 Å². The third-order valence-electron chi connectivity index (χ3n) is 3.60. The number of para-hydroxylation sites is 1. The van der Waals surface area contributed by atoms with Crippen LogP contribution in [0.15, 0.2) is 59.6 Å². The van der Waals surface area contributed by atoms with Crippen molar-refractivity contribution in [3.05, 3.63) is 66.0 Å². The van der Waals surface area contributed by atoms with Crippen LogP contribution in [0.3, 0.4) is 0 Å². The molecule has 0 aliphatic rings. The van der Waals surface area contributed by atoms with Crippen LogP contribution in [0, 0.1) is 5.82 Å². The molecule has 0 aromatic heterocycles. The summed E-state index contributed by atoms with van der Waals surface area (Å²) in [4.78, 5) is 6.27. The summed E-state index contributed by atoms with van der Waals surface area (Å²) >= 11 is 0. The molecule has 2 aromatic rings. The second kappa shape index (κ2) is 11.7. The molecule has 0 bridgehead atoms. The summed E-state index contributed by atoms with van der Waals surface area (Å²) in [5, 5.41) is 3.28. The minimum absolute atomic E-state index is 0. The molecule has 25 heavy (non-hydrogen) atoms. The van der Waals surface area contributed by atoms with E-state index in [-0.39, 0.29) is 29.8 Å². The van der Waals surface area contributed by atoms with Crippen molar-refractivity contribution < 1.29 is 9.13 Å². The quantitative estimate of drug-likeness (QED) is 0.393. The molecule has 2 aromatic carbocycles. The Bertz CT molecular complexity index is 652. The minimum atomic E-state index is -0.202. The summed E-state index contributed by atoms with van der Waals surface area (Å²) in [6.07, 6.45) is 0.741. The van der Waals surface area contributed by atoms with Crippen LogP contribution < -0.4 is 10.1 Å². The Kier molecular flexibility index (Phi) is 9.91. The van der Waals surface area contributed by atoms with Gasteiger partial charge in [-0.15, -0.1) is 24.0 Å². The molecule has 0 radical (unpaired) electrons. The molecular formula is C19H25FIN3O. The van der Waals surface area contributed by atoms with Gasteiger partial charge in [0, 0.05) is 20.6 Å². The van der Waals surface area contributed by atoms with E-state index in [0.29, 0.717) is 19.7 Å². The standard InChI is InChI=1S/C19H24FN3O.HI/c1-21-19(22-12-11-16-7-6-8-17(20)15-16)23(2)13-14-24-18-9-4-3-5-10-18;/h3-10,15H,11-14H2,1-2H3,(H,21,22);1H. The van der Waals surface area contributed by atoms with Crippen molar-refractivity contribution in [3.8, 4) is 5.75 Å². The Morgan fingerprint density at radius 3 is 2.60 bits per heavy atom. The monoisotopic (exact) mass is 457 g/mol. The molecule has 136 valence electrons. The van der Waals surface area contributed by atoms with E-state index in [1.807, 2.05) is 48.3 Å². The molecule has 2 rings (SSSR count). The van der Waals surface area contributed by atoms with Gasteiger partial charge in [-0.2, -0.15) is 0 Å².